The fourth-order valence-electron chi connectivity index (χ4n) is 1.86. The molecule has 0 spiro atoms. The van der Waals surface area contributed by atoms with Gasteiger partial charge in [0.25, 0.3) is 5.56 Å². The van der Waals surface area contributed by atoms with Crippen LogP contribution in [0.3, 0.4) is 0 Å². The lowest BCUT2D eigenvalue weighted by atomic mass is 10.3. The first-order valence-electron chi connectivity index (χ1n) is 6.48. The molecule has 0 aliphatic rings. The Bertz CT molecular complexity index is 670. The van der Waals surface area contributed by atoms with Gasteiger partial charge in [-0.25, -0.2) is 4.79 Å². The number of rotatable bonds is 6. The summed E-state index contributed by atoms with van der Waals surface area (Å²) in [5.41, 5.74) is 5.95. The number of H-pyrrole nitrogens is 2. The monoisotopic (exact) mass is 278 g/mol. The Morgan fingerprint density at radius 1 is 1.45 bits per heavy atom. The van der Waals surface area contributed by atoms with Crippen LogP contribution < -0.4 is 22.3 Å². The third-order valence-electron chi connectivity index (χ3n) is 2.99. The van der Waals surface area contributed by atoms with E-state index in [4.69, 9.17) is 5.73 Å². The van der Waals surface area contributed by atoms with Crippen LogP contribution >= 0.6 is 0 Å². The minimum atomic E-state index is -0.514. The molecule has 0 bridgehead atoms. The molecule has 0 aliphatic heterocycles. The van der Waals surface area contributed by atoms with E-state index in [9.17, 15) is 9.59 Å². The van der Waals surface area contributed by atoms with Gasteiger partial charge in [0.1, 0.15) is 11.5 Å². The molecule has 0 fully saturated rings. The molecule has 8 heteroatoms. The van der Waals surface area contributed by atoms with Crippen LogP contribution in [0.25, 0.3) is 0 Å². The van der Waals surface area contributed by atoms with Crippen LogP contribution in [-0.4, -0.2) is 19.7 Å². The predicted octanol–water partition coefficient (Wildman–Crippen LogP) is 0.254. The van der Waals surface area contributed by atoms with Crippen molar-refractivity contribution in [2.75, 3.05) is 11.1 Å². The molecule has 2 aromatic heterocycles. The Morgan fingerprint density at radius 2 is 2.25 bits per heavy atom. The zero-order valence-electron chi connectivity index (χ0n) is 11.3. The fraction of sp³-hybridized carbons (Fsp3) is 0.417. The van der Waals surface area contributed by atoms with Crippen LogP contribution in [0.4, 0.5) is 11.5 Å². The summed E-state index contributed by atoms with van der Waals surface area (Å²) in [5.74, 6) is 0.159. The average Bonchev–Trinajstić information content (AvgIpc) is 2.91. The highest BCUT2D eigenvalue weighted by Gasteiger charge is 2.11. The maximum Gasteiger partial charge on any atom is 0.330 e. The Kier molecular flexibility index (Phi) is 4.24. The van der Waals surface area contributed by atoms with Gasteiger partial charge in [-0.15, -0.1) is 0 Å². The Hall–Kier alpha value is -2.51. The number of unbranched alkanes of at least 4 members (excludes halogenated alkanes) is 1. The van der Waals surface area contributed by atoms with Gasteiger partial charge in [0, 0.05) is 12.7 Å². The van der Waals surface area contributed by atoms with E-state index >= 15 is 0 Å². The quantitative estimate of drug-likeness (QED) is 0.603. The van der Waals surface area contributed by atoms with Crippen molar-refractivity contribution in [1.82, 2.24) is 19.7 Å². The van der Waals surface area contributed by atoms with Gasteiger partial charge >= 0.3 is 5.69 Å². The summed E-state index contributed by atoms with van der Waals surface area (Å²) in [6.07, 6.45) is 3.37. The van der Waals surface area contributed by atoms with Gasteiger partial charge in [-0.05, 0) is 12.5 Å². The second-order valence-electron chi connectivity index (χ2n) is 4.46. The van der Waals surface area contributed by atoms with E-state index in [1.807, 2.05) is 6.92 Å². The molecule has 0 radical (unpaired) electrons. The summed E-state index contributed by atoms with van der Waals surface area (Å²) in [6, 6.07) is 1.78. The van der Waals surface area contributed by atoms with Crippen molar-refractivity contribution in [2.24, 2.45) is 0 Å². The number of aromatic amines is 2. The highest BCUT2D eigenvalue weighted by atomic mass is 16.2. The van der Waals surface area contributed by atoms with Crippen molar-refractivity contribution in [3.63, 3.8) is 0 Å². The Morgan fingerprint density at radius 3 is 2.90 bits per heavy atom. The highest BCUT2D eigenvalue weighted by molar-refractivity contribution is 5.60. The minimum Gasteiger partial charge on any atom is -0.383 e. The number of hydrogen-bond donors (Lipinski definition) is 4. The standard InChI is InChI=1S/C12H18N6O2/c1-2-3-6-18-10(13)9(11(19)16-12(18)20)14-7-8-4-5-15-17-8/h4-5,14H,2-3,6-7,13H2,1H3,(H,15,17)(H,16,19,20). The number of nitrogens with two attached hydrogens (primary N) is 1. The van der Waals surface area contributed by atoms with Crippen LogP contribution in [0, 0.1) is 0 Å². The third-order valence-corrected chi connectivity index (χ3v) is 2.99. The maximum absolute atomic E-state index is 11.8. The molecular formula is C12H18N6O2. The second-order valence-corrected chi connectivity index (χ2v) is 4.46. The maximum atomic E-state index is 11.8. The van der Waals surface area contributed by atoms with Crippen LogP contribution in [-0.2, 0) is 13.1 Å². The topological polar surface area (TPSA) is 122 Å². The van der Waals surface area contributed by atoms with Gasteiger partial charge in [-0.1, -0.05) is 13.3 Å². The van der Waals surface area contributed by atoms with Crippen molar-refractivity contribution < 1.29 is 0 Å². The van der Waals surface area contributed by atoms with Crippen molar-refractivity contribution in [3.8, 4) is 0 Å². The average molecular weight is 278 g/mol. The largest absolute Gasteiger partial charge is 0.383 e. The number of aromatic nitrogens is 4. The van der Waals surface area contributed by atoms with E-state index in [2.05, 4.69) is 20.5 Å². The van der Waals surface area contributed by atoms with Gasteiger partial charge in [0.05, 0.1) is 12.2 Å². The Balaban J connectivity index is 2.27. The summed E-state index contributed by atoms with van der Waals surface area (Å²) in [5, 5.41) is 9.51. The smallest absolute Gasteiger partial charge is 0.330 e. The first-order chi connectivity index (χ1) is 9.63. The molecule has 2 heterocycles. The molecular weight excluding hydrogens is 260 g/mol. The van der Waals surface area contributed by atoms with Crippen molar-refractivity contribution in [1.29, 1.82) is 0 Å². The molecule has 2 aromatic rings. The fourth-order valence-corrected chi connectivity index (χ4v) is 1.86. The summed E-state index contributed by atoms with van der Waals surface area (Å²) in [6.45, 7) is 2.88. The van der Waals surface area contributed by atoms with E-state index in [-0.39, 0.29) is 11.5 Å². The Labute approximate surface area is 115 Å². The second kappa shape index (κ2) is 6.09. The first kappa shape index (κ1) is 13.9. The molecule has 108 valence electrons. The molecule has 8 nitrogen and oxygen atoms in total. The number of nitrogens with zero attached hydrogens (tertiary/aromatic N) is 2. The molecule has 0 atom stereocenters. The number of hydrogen-bond acceptors (Lipinski definition) is 5. The summed E-state index contributed by atoms with van der Waals surface area (Å²) in [4.78, 5) is 25.8. The normalized spacial score (nSPS) is 10.7. The molecule has 0 unspecified atom stereocenters. The molecule has 0 aliphatic carbocycles. The van der Waals surface area contributed by atoms with Gasteiger partial charge < -0.3 is 11.1 Å². The summed E-state index contributed by atoms with van der Waals surface area (Å²) in [7, 11) is 0. The molecule has 0 amide bonds. The lowest BCUT2D eigenvalue weighted by Gasteiger charge is -2.13. The van der Waals surface area contributed by atoms with Crippen LogP contribution in [0.1, 0.15) is 25.5 Å². The zero-order valence-corrected chi connectivity index (χ0v) is 11.3. The van der Waals surface area contributed by atoms with E-state index < -0.39 is 11.2 Å². The lowest BCUT2D eigenvalue weighted by Crippen LogP contribution is -2.34. The first-order valence-corrected chi connectivity index (χ1v) is 6.48. The minimum absolute atomic E-state index is 0.159. The van der Waals surface area contributed by atoms with Crippen LogP contribution in [0.5, 0.6) is 0 Å². The molecule has 5 N–H and O–H groups in total. The predicted molar refractivity (Wildman–Crippen MR) is 76.6 cm³/mol. The molecule has 0 aromatic carbocycles. The molecule has 2 rings (SSSR count). The van der Waals surface area contributed by atoms with Crippen LogP contribution in [0.15, 0.2) is 21.9 Å². The van der Waals surface area contributed by atoms with E-state index in [1.54, 1.807) is 12.3 Å². The van der Waals surface area contributed by atoms with Gasteiger partial charge in [0.15, 0.2) is 0 Å². The van der Waals surface area contributed by atoms with Gasteiger partial charge in [-0.2, -0.15) is 5.10 Å². The van der Waals surface area contributed by atoms with Crippen molar-refractivity contribution >= 4 is 11.5 Å². The third kappa shape index (κ3) is 2.90. The highest BCUT2D eigenvalue weighted by Crippen LogP contribution is 2.11. The van der Waals surface area contributed by atoms with Gasteiger partial charge in [0.2, 0.25) is 0 Å². The lowest BCUT2D eigenvalue weighted by molar-refractivity contribution is 0.605. The van der Waals surface area contributed by atoms with Gasteiger partial charge in [-0.3, -0.25) is 19.4 Å². The van der Waals surface area contributed by atoms with Crippen LogP contribution in [0.2, 0.25) is 0 Å². The van der Waals surface area contributed by atoms with Crippen molar-refractivity contribution in [3.05, 3.63) is 38.8 Å². The zero-order chi connectivity index (χ0) is 14.5. The molecule has 20 heavy (non-hydrogen) atoms. The summed E-state index contributed by atoms with van der Waals surface area (Å²) < 4.78 is 1.38. The van der Waals surface area contributed by atoms with E-state index in [0.29, 0.717) is 13.1 Å². The molecule has 0 saturated carbocycles. The van der Waals surface area contributed by atoms with E-state index in [0.717, 1.165) is 18.5 Å². The van der Waals surface area contributed by atoms with Crippen molar-refractivity contribution in [2.45, 2.75) is 32.9 Å². The number of nitrogens with one attached hydrogen (secondary N) is 3. The number of anilines is 2. The van der Waals surface area contributed by atoms with E-state index in [1.165, 1.54) is 4.57 Å². The molecule has 0 saturated heterocycles. The number of nitrogen functional groups attached to an aromatic ring is 1. The summed E-state index contributed by atoms with van der Waals surface area (Å²) >= 11 is 0. The SMILES string of the molecule is CCCCn1c(N)c(NCc2ccn[nH]2)c(=O)[nH]c1=O.